The molecule has 0 saturated heterocycles. The minimum atomic E-state index is -0.905. The number of rotatable bonds is 3. The smallest absolute Gasteiger partial charge is 0.336 e. The number of nitrogens with one attached hydrogen (secondary N) is 1. The summed E-state index contributed by atoms with van der Waals surface area (Å²) in [5, 5.41) is 12.4. The Labute approximate surface area is 109 Å². The van der Waals surface area contributed by atoms with Gasteiger partial charge < -0.3 is 10.4 Å². The minimum Gasteiger partial charge on any atom is -0.478 e. The number of carboxylic acids is 1. The van der Waals surface area contributed by atoms with E-state index in [4.69, 9.17) is 5.11 Å². The maximum atomic E-state index is 10.9. The van der Waals surface area contributed by atoms with Gasteiger partial charge in [0.1, 0.15) is 0 Å². The number of benzene rings is 1. The third-order valence-electron chi connectivity index (χ3n) is 3.41. The van der Waals surface area contributed by atoms with Crippen LogP contribution in [0.4, 0.5) is 5.69 Å². The van der Waals surface area contributed by atoms with Crippen LogP contribution in [0.2, 0.25) is 0 Å². The summed E-state index contributed by atoms with van der Waals surface area (Å²) in [5.41, 5.74) is 1.29. The molecule has 1 aliphatic rings. The summed E-state index contributed by atoms with van der Waals surface area (Å²) in [7, 11) is 0. The Morgan fingerprint density at radius 1 is 1.47 bits per heavy atom. The number of hydrogen-bond acceptors (Lipinski definition) is 2. The third-order valence-corrected chi connectivity index (χ3v) is 4.07. The van der Waals surface area contributed by atoms with E-state index in [1.165, 1.54) is 19.3 Å². The van der Waals surface area contributed by atoms with Crippen LogP contribution in [0.15, 0.2) is 22.7 Å². The molecule has 1 aliphatic carbocycles. The second kappa shape index (κ2) is 5.08. The van der Waals surface area contributed by atoms with Gasteiger partial charge in [-0.2, -0.15) is 0 Å². The Morgan fingerprint density at radius 3 is 2.76 bits per heavy atom. The molecule has 1 aromatic rings. The van der Waals surface area contributed by atoms with E-state index in [1.54, 1.807) is 6.07 Å². The number of halogens is 1. The van der Waals surface area contributed by atoms with Crippen molar-refractivity contribution in [2.45, 2.75) is 32.2 Å². The molecule has 0 spiro atoms. The maximum Gasteiger partial charge on any atom is 0.336 e. The fourth-order valence-corrected chi connectivity index (χ4v) is 2.90. The first-order valence-electron chi connectivity index (χ1n) is 5.87. The van der Waals surface area contributed by atoms with Crippen molar-refractivity contribution >= 4 is 27.6 Å². The van der Waals surface area contributed by atoms with E-state index in [9.17, 15) is 4.79 Å². The first-order valence-corrected chi connectivity index (χ1v) is 6.66. The predicted octanol–water partition coefficient (Wildman–Crippen LogP) is 3.75. The Hall–Kier alpha value is -1.03. The molecule has 1 fully saturated rings. The molecule has 4 heteroatoms. The van der Waals surface area contributed by atoms with E-state index in [0.29, 0.717) is 22.0 Å². The molecule has 17 heavy (non-hydrogen) atoms. The van der Waals surface area contributed by atoms with E-state index < -0.39 is 5.97 Å². The zero-order chi connectivity index (χ0) is 12.4. The highest BCUT2D eigenvalue weighted by Gasteiger charge is 2.23. The molecule has 2 rings (SSSR count). The van der Waals surface area contributed by atoms with E-state index in [1.807, 2.05) is 12.1 Å². The van der Waals surface area contributed by atoms with Gasteiger partial charge in [0.2, 0.25) is 0 Å². The molecule has 2 unspecified atom stereocenters. The van der Waals surface area contributed by atoms with Gasteiger partial charge in [-0.3, -0.25) is 0 Å². The number of anilines is 1. The van der Waals surface area contributed by atoms with E-state index >= 15 is 0 Å². The molecule has 92 valence electrons. The topological polar surface area (TPSA) is 49.3 Å². The normalized spacial score (nSPS) is 23.6. The standard InChI is InChI=1S/C13H16BrNO2/c1-8-3-2-4-12(8)15-9-5-6-10(13(16)17)11(14)7-9/h5-8,12,15H,2-4H2,1H3,(H,16,17). The lowest BCUT2D eigenvalue weighted by Gasteiger charge is -2.19. The van der Waals surface area contributed by atoms with Crippen LogP contribution in [-0.4, -0.2) is 17.1 Å². The fourth-order valence-electron chi connectivity index (χ4n) is 2.35. The highest BCUT2D eigenvalue weighted by atomic mass is 79.9. The summed E-state index contributed by atoms with van der Waals surface area (Å²) in [6.45, 7) is 2.26. The highest BCUT2D eigenvalue weighted by Crippen LogP contribution is 2.29. The lowest BCUT2D eigenvalue weighted by atomic mass is 10.1. The van der Waals surface area contributed by atoms with E-state index in [-0.39, 0.29) is 0 Å². The summed E-state index contributed by atoms with van der Waals surface area (Å²) < 4.78 is 0.626. The molecule has 2 N–H and O–H groups in total. The van der Waals surface area contributed by atoms with Gasteiger partial charge in [0.25, 0.3) is 0 Å². The van der Waals surface area contributed by atoms with Crippen LogP contribution in [0.3, 0.4) is 0 Å². The Kier molecular flexibility index (Phi) is 3.72. The second-order valence-corrected chi connectivity index (χ2v) is 5.51. The molecule has 0 heterocycles. The predicted molar refractivity (Wildman–Crippen MR) is 71.5 cm³/mol. The zero-order valence-electron chi connectivity index (χ0n) is 9.74. The lowest BCUT2D eigenvalue weighted by Crippen LogP contribution is -2.21. The molecule has 0 radical (unpaired) electrons. The first kappa shape index (κ1) is 12.4. The van der Waals surface area contributed by atoms with Gasteiger partial charge in [-0.1, -0.05) is 13.3 Å². The zero-order valence-corrected chi connectivity index (χ0v) is 11.3. The largest absolute Gasteiger partial charge is 0.478 e. The van der Waals surface area contributed by atoms with Crippen LogP contribution in [0.25, 0.3) is 0 Å². The van der Waals surface area contributed by atoms with Crippen LogP contribution >= 0.6 is 15.9 Å². The molecule has 0 bridgehead atoms. The SMILES string of the molecule is CC1CCCC1Nc1ccc(C(=O)O)c(Br)c1. The van der Waals surface area contributed by atoms with Crippen molar-refractivity contribution in [2.75, 3.05) is 5.32 Å². The molecule has 3 nitrogen and oxygen atoms in total. The summed E-state index contributed by atoms with van der Waals surface area (Å²) in [4.78, 5) is 10.9. The van der Waals surface area contributed by atoms with Crippen molar-refractivity contribution in [2.24, 2.45) is 5.92 Å². The molecular formula is C13H16BrNO2. The second-order valence-electron chi connectivity index (χ2n) is 4.66. The number of hydrogen-bond donors (Lipinski definition) is 2. The Bertz CT molecular complexity index is 433. The Balaban J connectivity index is 2.12. The van der Waals surface area contributed by atoms with Crippen molar-refractivity contribution in [3.63, 3.8) is 0 Å². The van der Waals surface area contributed by atoms with Crippen molar-refractivity contribution in [1.29, 1.82) is 0 Å². The lowest BCUT2D eigenvalue weighted by molar-refractivity contribution is 0.0696. The fraction of sp³-hybridized carbons (Fsp3) is 0.462. The summed E-state index contributed by atoms with van der Waals surface area (Å²) in [6.07, 6.45) is 3.73. The molecule has 0 aromatic heterocycles. The first-order chi connectivity index (χ1) is 8.08. The average molecular weight is 298 g/mol. The minimum absolute atomic E-state index is 0.301. The Morgan fingerprint density at radius 2 is 2.24 bits per heavy atom. The quantitative estimate of drug-likeness (QED) is 0.893. The van der Waals surface area contributed by atoms with Crippen LogP contribution < -0.4 is 5.32 Å². The van der Waals surface area contributed by atoms with Gasteiger partial charge in [-0.05, 0) is 52.9 Å². The van der Waals surface area contributed by atoms with Crippen molar-refractivity contribution < 1.29 is 9.90 Å². The van der Waals surface area contributed by atoms with Crippen LogP contribution in [-0.2, 0) is 0 Å². The molecule has 1 saturated carbocycles. The van der Waals surface area contributed by atoms with Gasteiger partial charge in [-0.15, -0.1) is 0 Å². The van der Waals surface area contributed by atoms with Gasteiger partial charge in [0.05, 0.1) is 5.56 Å². The molecule has 0 amide bonds. The van der Waals surface area contributed by atoms with Gasteiger partial charge in [0.15, 0.2) is 0 Å². The van der Waals surface area contributed by atoms with Gasteiger partial charge in [-0.25, -0.2) is 4.79 Å². The highest BCUT2D eigenvalue weighted by molar-refractivity contribution is 9.10. The van der Waals surface area contributed by atoms with Crippen molar-refractivity contribution in [3.8, 4) is 0 Å². The van der Waals surface area contributed by atoms with Crippen LogP contribution in [0, 0.1) is 5.92 Å². The van der Waals surface area contributed by atoms with Gasteiger partial charge in [0, 0.05) is 16.2 Å². The molecule has 1 aromatic carbocycles. The van der Waals surface area contributed by atoms with Crippen LogP contribution in [0.5, 0.6) is 0 Å². The summed E-state index contributed by atoms with van der Waals surface area (Å²) >= 11 is 3.29. The number of aromatic carboxylic acids is 1. The third kappa shape index (κ3) is 2.80. The molecule has 2 atom stereocenters. The van der Waals surface area contributed by atoms with Gasteiger partial charge >= 0.3 is 5.97 Å². The summed E-state index contributed by atoms with van der Waals surface area (Å²) in [5.74, 6) is -0.217. The van der Waals surface area contributed by atoms with Crippen LogP contribution in [0.1, 0.15) is 36.5 Å². The monoisotopic (exact) mass is 297 g/mol. The van der Waals surface area contributed by atoms with Crippen molar-refractivity contribution in [3.05, 3.63) is 28.2 Å². The van der Waals surface area contributed by atoms with E-state index in [2.05, 4.69) is 28.2 Å². The number of carbonyl (C=O) groups is 1. The maximum absolute atomic E-state index is 10.9. The van der Waals surface area contributed by atoms with Crippen molar-refractivity contribution in [1.82, 2.24) is 0 Å². The average Bonchev–Trinajstić information content (AvgIpc) is 2.64. The summed E-state index contributed by atoms with van der Waals surface area (Å²) in [6, 6.07) is 5.82. The van der Waals surface area contributed by atoms with E-state index in [0.717, 1.165) is 5.69 Å². The molecular weight excluding hydrogens is 282 g/mol. The molecule has 0 aliphatic heterocycles. The number of carboxylic acid groups (broad SMARTS) is 1.